The maximum absolute atomic E-state index is 14.7. The van der Waals surface area contributed by atoms with Crippen molar-refractivity contribution in [1.82, 2.24) is 0 Å². The van der Waals surface area contributed by atoms with Gasteiger partial charge in [0.2, 0.25) is 0 Å². The molecule has 148 valence electrons. The van der Waals surface area contributed by atoms with Gasteiger partial charge in [0.25, 0.3) is 0 Å². The van der Waals surface area contributed by atoms with E-state index in [1.807, 2.05) is 24.3 Å². The predicted octanol–water partition coefficient (Wildman–Crippen LogP) is 7.68. The minimum Gasteiger partial charge on any atom is -0.353 e. The topological polar surface area (TPSA) is 12.0 Å². The highest BCUT2D eigenvalue weighted by Gasteiger charge is 2.36. The molecule has 30 heavy (non-hydrogen) atoms. The van der Waals surface area contributed by atoms with E-state index < -0.39 is 0 Å². The summed E-state index contributed by atoms with van der Waals surface area (Å²) in [6, 6.07) is 25.6. The van der Waals surface area contributed by atoms with Crippen LogP contribution >= 0.6 is 0 Å². The molecule has 0 radical (unpaired) electrons. The molecule has 4 aromatic rings. The molecule has 1 N–H and O–H groups in total. The molecule has 1 aliphatic rings. The van der Waals surface area contributed by atoms with E-state index in [1.165, 1.54) is 34.9 Å². The first-order valence-electron chi connectivity index (χ1n) is 10.0. The molecule has 4 aromatic carbocycles. The Bertz CT molecular complexity index is 1270. The van der Waals surface area contributed by atoms with Crippen LogP contribution < -0.4 is 5.32 Å². The zero-order valence-corrected chi connectivity index (χ0v) is 16.8. The summed E-state index contributed by atoms with van der Waals surface area (Å²) in [6.07, 6.45) is 0. The zero-order chi connectivity index (χ0) is 20.9. The van der Waals surface area contributed by atoms with E-state index in [4.69, 9.17) is 0 Å². The van der Waals surface area contributed by atoms with Crippen LogP contribution in [0.2, 0.25) is 0 Å². The number of hydrogen-bond acceptors (Lipinski definition) is 1. The van der Waals surface area contributed by atoms with Crippen LogP contribution in [0.1, 0.15) is 25.0 Å². The highest BCUT2D eigenvalue weighted by Crippen LogP contribution is 2.51. The first-order valence-corrected chi connectivity index (χ1v) is 10.0. The first kappa shape index (κ1) is 18.6. The molecule has 0 bridgehead atoms. The lowest BCUT2D eigenvalue weighted by Gasteiger charge is -2.21. The minimum absolute atomic E-state index is 0.119. The summed E-state index contributed by atoms with van der Waals surface area (Å²) in [5.74, 6) is -0.663. The molecule has 0 heterocycles. The summed E-state index contributed by atoms with van der Waals surface area (Å²) in [6.45, 7) is 4.43. The van der Waals surface area contributed by atoms with Gasteiger partial charge in [-0.3, -0.25) is 0 Å². The van der Waals surface area contributed by atoms with Gasteiger partial charge in [-0.2, -0.15) is 0 Å². The van der Waals surface area contributed by atoms with Crippen molar-refractivity contribution in [1.29, 1.82) is 0 Å². The van der Waals surface area contributed by atoms with Gasteiger partial charge in [-0.05, 0) is 58.1 Å². The molecule has 0 amide bonds. The van der Waals surface area contributed by atoms with Gasteiger partial charge in [-0.15, -0.1) is 0 Å². The molecule has 0 atom stereocenters. The molecular weight excluding hydrogens is 376 g/mol. The van der Waals surface area contributed by atoms with Gasteiger partial charge in [0.1, 0.15) is 11.6 Å². The lowest BCUT2D eigenvalue weighted by Crippen LogP contribution is -2.14. The van der Waals surface area contributed by atoms with Gasteiger partial charge in [0, 0.05) is 16.7 Å². The molecular formula is C27H21F2N. The van der Waals surface area contributed by atoms with Crippen LogP contribution in [-0.4, -0.2) is 0 Å². The summed E-state index contributed by atoms with van der Waals surface area (Å²) in [5.41, 5.74) is 7.34. The quantitative estimate of drug-likeness (QED) is 0.374. The minimum atomic E-state index is -0.349. The summed E-state index contributed by atoms with van der Waals surface area (Å²) in [5, 5.41) is 3.31. The van der Waals surface area contributed by atoms with Crippen molar-refractivity contribution in [3.05, 3.63) is 108 Å². The van der Waals surface area contributed by atoms with Crippen molar-refractivity contribution >= 4 is 11.4 Å². The summed E-state index contributed by atoms with van der Waals surface area (Å²) >= 11 is 0. The number of benzene rings is 4. The van der Waals surface area contributed by atoms with Gasteiger partial charge >= 0.3 is 0 Å². The number of anilines is 2. The Labute approximate surface area is 175 Å². The Morgan fingerprint density at radius 3 is 2.23 bits per heavy atom. The molecule has 0 aliphatic heterocycles. The van der Waals surface area contributed by atoms with E-state index in [2.05, 4.69) is 43.4 Å². The number of nitrogens with one attached hydrogen (secondary N) is 1. The second kappa shape index (κ2) is 6.81. The Balaban J connectivity index is 1.61. The van der Waals surface area contributed by atoms with E-state index in [-0.39, 0.29) is 17.0 Å². The average Bonchev–Trinajstić information content (AvgIpc) is 2.98. The summed E-state index contributed by atoms with van der Waals surface area (Å²) < 4.78 is 28.4. The van der Waals surface area contributed by atoms with Crippen molar-refractivity contribution in [2.24, 2.45) is 0 Å². The molecule has 0 fully saturated rings. The van der Waals surface area contributed by atoms with Gasteiger partial charge in [-0.25, -0.2) is 8.78 Å². The van der Waals surface area contributed by atoms with Crippen LogP contribution in [0.15, 0.2) is 84.9 Å². The Kier molecular flexibility index (Phi) is 4.21. The second-order valence-corrected chi connectivity index (χ2v) is 8.23. The second-order valence-electron chi connectivity index (χ2n) is 8.23. The lowest BCUT2D eigenvalue weighted by molar-refractivity contribution is 0.628. The molecule has 0 saturated carbocycles. The maximum atomic E-state index is 14.7. The lowest BCUT2D eigenvalue weighted by atomic mass is 9.82. The molecule has 3 heteroatoms. The van der Waals surface area contributed by atoms with Gasteiger partial charge in [0.15, 0.2) is 0 Å². The van der Waals surface area contributed by atoms with Crippen LogP contribution in [0.4, 0.5) is 20.2 Å². The smallest absolute Gasteiger partial charge is 0.146 e. The number of fused-ring (bicyclic) bond motifs is 3. The molecule has 0 aromatic heterocycles. The van der Waals surface area contributed by atoms with Crippen molar-refractivity contribution in [2.45, 2.75) is 19.3 Å². The number of halogens is 2. The third-order valence-electron chi connectivity index (χ3n) is 6.00. The monoisotopic (exact) mass is 397 g/mol. The fraction of sp³-hybridized carbons (Fsp3) is 0.111. The van der Waals surface area contributed by atoms with Crippen LogP contribution in [0.5, 0.6) is 0 Å². The van der Waals surface area contributed by atoms with Crippen molar-refractivity contribution in [3.8, 4) is 22.3 Å². The Morgan fingerprint density at radius 1 is 0.667 bits per heavy atom. The molecule has 0 saturated heterocycles. The van der Waals surface area contributed by atoms with E-state index >= 15 is 0 Å². The SMILES string of the molecule is CC1(C)c2ccccc2-c2c(Nc3cc(-c4cccc(F)c4)ccc3F)cccc21. The standard InChI is InChI=1S/C27H21F2N/c1-27(2)21-10-4-3-9-20(21)26-22(27)11-6-12-24(26)30-25-16-18(13-14-23(25)29)17-7-5-8-19(28)15-17/h3-16,30H,1-2H3. The zero-order valence-electron chi connectivity index (χ0n) is 16.8. The highest BCUT2D eigenvalue weighted by molar-refractivity contribution is 5.91. The molecule has 1 aliphatic carbocycles. The highest BCUT2D eigenvalue weighted by atomic mass is 19.1. The molecule has 0 spiro atoms. The van der Waals surface area contributed by atoms with Gasteiger partial charge in [0.05, 0.1) is 5.69 Å². The number of rotatable bonds is 3. The summed E-state index contributed by atoms with van der Waals surface area (Å²) in [7, 11) is 0. The average molecular weight is 397 g/mol. The van der Waals surface area contributed by atoms with E-state index in [9.17, 15) is 8.78 Å². The fourth-order valence-electron chi connectivity index (χ4n) is 4.47. The molecule has 1 nitrogen and oxygen atoms in total. The van der Waals surface area contributed by atoms with Crippen LogP contribution in [-0.2, 0) is 5.41 Å². The van der Waals surface area contributed by atoms with E-state index in [0.717, 1.165) is 16.8 Å². The summed E-state index contributed by atoms with van der Waals surface area (Å²) in [4.78, 5) is 0. The van der Waals surface area contributed by atoms with Crippen LogP contribution in [0.3, 0.4) is 0 Å². The Morgan fingerprint density at radius 2 is 1.40 bits per heavy atom. The predicted molar refractivity (Wildman–Crippen MR) is 119 cm³/mol. The van der Waals surface area contributed by atoms with Crippen molar-refractivity contribution < 1.29 is 8.78 Å². The first-order chi connectivity index (χ1) is 14.4. The van der Waals surface area contributed by atoms with Gasteiger partial charge < -0.3 is 5.32 Å². The molecule has 0 unspecified atom stereocenters. The van der Waals surface area contributed by atoms with E-state index in [0.29, 0.717) is 11.3 Å². The van der Waals surface area contributed by atoms with Crippen molar-refractivity contribution in [3.63, 3.8) is 0 Å². The maximum Gasteiger partial charge on any atom is 0.146 e. The largest absolute Gasteiger partial charge is 0.353 e. The van der Waals surface area contributed by atoms with E-state index in [1.54, 1.807) is 18.2 Å². The van der Waals surface area contributed by atoms with Crippen LogP contribution in [0.25, 0.3) is 22.3 Å². The van der Waals surface area contributed by atoms with Gasteiger partial charge in [-0.1, -0.05) is 68.4 Å². The third-order valence-corrected chi connectivity index (χ3v) is 6.00. The molecule has 5 rings (SSSR count). The fourth-order valence-corrected chi connectivity index (χ4v) is 4.47. The van der Waals surface area contributed by atoms with Crippen LogP contribution in [0, 0.1) is 11.6 Å². The number of hydrogen-bond donors (Lipinski definition) is 1. The van der Waals surface area contributed by atoms with Crippen molar-refractivity contribution in [2.75, 3.05) is 5.32 Å². The Hall–Kier alpha value is -3.46. The normalized spacial score (nSPS) is 13.6. The third kappa shape index (κ3) is 2.89.